The molecule has 2 aromatic rings. The minimum absolute atomic E-state index is 0.349. The predicted molar refractivity (Wildman–Crippen MR) is 97.1 cm³/mol. The third kappa shape index (κ3) is 3.22. The van der Waals surface area contributed by atoms with Crippen LogP contribution >= 0.6 is 0 Å². The normalized spacial score (nSPS) is 16.8. The standard InChI is InChI=1S/C19H25NO3S/c1-14(2)24(21,22)19-7-6-16(20-10-8-15(3)9-11-20)13-17(19)18-5-4-12-23-18/h4-7,12-15H,8-11H2,1-3H3. The maximum absolute atomic E-state index is 12.7. The molecule has 4 nitrogen and oxygen atoms in total. The average molecular weight is 347 g/mol. The van der Waals surface area contributed by atoms with Crippen molar-refractivity contribution in [2.45, 2.75) is 43.8 Å². The molecule has 0 bridgehead atoms. The first-order chi connectivity index (χ1) is 11.4. The van der Waals surface area contributed by atoms with Gasteiger partial charge in [0.15, 0.2) is 9.84 Å². The number of piperidine rings is 1. The van der Waals surface area contributed by atoms with Crippen LogP contribution in [-0.2, 0) is 9.84 Å². The summed E-state index contributed by atoms with van der Waals surface area (Å²) in [4.78, 5) is 2.68. The third-order valence-electron chi connectivity index (χ3n) is 4.83. The number of hydrogen-bond acceptors (Lipinski definition) is 4. The van der Waals surface area contributed by atoms with Gasteiger partial charge in [-0.15, -0.1) is 0 Å². The Labute approximate surface area is 144 Å². The van der Waals surface area contributed by atoms with E-state index in [9.17, 15) is 8.42 Å². The summed E-state index contributed by atoms with van der Waals surface area (Å²) in [7, 11) is -3.37. The Morgan fingerprint density at radius 2 is 1.88 bits per heavy atom. The van der Waals surface area contributed by atoms with Gasteiger partial charge in [-0.2, -0.15) is 0 Å². The van der Waals surface area contributed by atoms with Gasteiger partial charge in [-0.05, 0) is 62.9 Å². The minimum Gasteiger partial charge on any atom is -0.464 e. The van der Waals surface area contributed by atoms with E-state index in [2.05, 4.69) is 11.8 Å². The summed E-state index contributed by atoms with van der Waals surface area (Å²) >= 11 is 0. The number of sulfone groups is 1. The Hall–Kier alpha value is -1.75. The first kappa shape index (κ1) is 17.1. The van der Waals surface area contributed by atoms with Gasteiger partial charge in [0.05, 0.1) is 16.4 Å². The molecule has 1 aliphatic rings. The number of nitrogens with zero attached hydrogens (tertiary/aromatic N) is 1. The second-order valence-electron chi connectivity index (χ2n) is 6.92. The van der Waals surface area contributed by atoms with E-state index in [-0.39, 0.29) is 0 Å². The Bertz CT molecular complexity index is 786. The molecule has 0 spiro atoms. The van der Waals surface area contributed by atoms with Gasteiger partial charge in [0.25, 0.3) is 0 Å². The van der Waals surface area contributed by atoms with Crippen LogP contribution in [0.15, 0.2) is 45.9 Å². The highest BCUT2D eigenvalue weighted by Crippen LogP contribution is 2.34. The van der Waals surface area contributed by atoms with Gasteiger partial charge < -0.3 is 9.32 Å². The molecule has 1 aromatic heterocycles. The summed E-state index contributed by atoms with van der Waals surface area (Å²) in [6.07, 6.45) is 3.92. The molecule has 130 valence electrons. The Kier molecular flexibility index (Phi) is 4.72. The zero-order valence-electron chi connectivity index (χ0n) is 14.5. The monoisotopic (exact) mass is 347 g/mol. The number of benzene rings is 1. The van der Waals surface area contributed by atoms with Gasteiger partial charge in [0.1, 0.15) is 5.76 Å². The van der Waals surface area contributed by atoms with Crippen molar-refractivity contribution < 1.29 is 12.8 Å². The van der Waals surface area contributed by atoms with Crippen LogP contribution in [0, 0.1) is 5.92 Å². The maximum Gasteiger partial charge on any atom is 0.181 e. The summed E-state index contributed by atoms with van der Waals surface area (Å²) in [6, 6.07) is 9.23. The summed E-state index contributed by atoms with van der Waals surface area (Å²) in [5, 5.41) is -0.465. The molecule has 2 heterocycles. The van der Waals surface area contributed by atoms with Gasteiger partial charge in [0, 0.05) is 24.3 Å². The molecular formula is C19H25NO3S. The van der Waals surface area contributed by atoms with E-state index in [0.717, 1.165) is 24.7 Å². The van der Waals surface area contributed by atoms with E-state index in [1.165, 1.54) is 12.8 Å². The minimum atomic E-state index is -3.37. The first-order valence-electron chi connectivity index (χ1n) is 8.56. The summed E-state index contributed by atoms with van der Waals surface area (Å²) < 4.78 is 31.0. The summed E-state index contributed by atoms with van der Waals surface area (Å²) in [5.41, 5.74) is 1.72. The SMILES string of the molecule is CC1CCN(c2ccc(S(=O)(=O)C(C)C)c(-c3ccco3)c2)CC1. The molecule has 1 fully saturated rings. The lowest BCUT2D eigenvalue weighted by molar-refractivity contribution is 0.438. The molecule has 1 aliphatic heterocycles. The quantitative estimate of drug-likeness (QED) is 0.824. The van der Waals surface area contributed by atoms with Crippen LogP contribution in [0.5, 0.6) is 0 Å². The molecule has 3 rings (SSSR count). The number of furan rings is 1. The number of anilines is 1. The molecule has 0 amide bonds. The fourth-order valence-corrected chi connectivity index (χ4v) is 4.34. The lowest BCUT2D eigenvalue weighted by atomic mass is 9.98. The molecule has 1 aromatic carbocycles. The molecule has 24 heavy (non-hydrogen) atoms. The number of hydrogen-bond donors (Lipinski definition) is 0. The number of rotatable bonds is 4. The van der Waals surface area contributed by atoms with E-state index in [0.29, 0.717) is 16.2 Å². The van der Waals surface area contributed by atoms with Crippen molar-refractivity contribution in [2.24, 2.45) is 5.92 Å². The Morgan fingerprint density at radius 1 is 1.17 bits per heavy atom. The third-order valence-corrected chi connectivity index (χ3v) is 7.04. The first-order valence-corrected chi connectivity index (χ1v) is 10.1. The molecule has 0 N–H and O–H groups in total. The van der Waals surface area contributed by atoms with Crippen molar-refractivity contribution in [2.75, 3.05) is 18.0 Å². The highest BCUT2D eigenvalue weighted by molar-refractivity contribution is 7.92. The smallest absolute Gasteiger partial charge is 0.181 e. The predicted octanol–water partition coefficient (Wildman–Crippen LogP) is 4.37. The summed E-state index contributed by atoms with van der Waals surface area (Å²) in [6.45, 7) is 7.72. The van der Waals surface area contributed by atoms with E-state index < -0.39 is 15.1 Å². The fourth-order valence-electron chi connectivity index (χ4n) is 3.11. The Morgan fingerprint density at radius 3 is 2.46 bits per heavy atom. The van der Waals surface area contributed by atoms with Crippen molar-refractivity contribution >= 4 is 15.5 Å². The second kappa shape index (κ2) is 6.63. The molecule has 0 radical (unpaired) electrons. The van der Waals surface area contributed by atoms with Crippen LogP contribution < -0.4 is 4.90 Å². The molecule has 0 unspecified atom stereocenters. The topological polar surface area (TPSA) is 50.5 Å². The van der Waals surface area contributed by atoms with Gasteiger partial charge in [-0.3, -0.25) is 0 Å². The highest BCUT2D eigenvalue weighted by atomic mass is 32.2. The van der Waals surface area contributed by atoms with Gasteiger partial charge >= 0.3 is 0 Å². The van der Waals surface area contributed by atoms with E-state index in [4.69, 9.17) is 4.42 Å². The van der Waals surface area contributed by atoms with Crippen molar-refractivity contribution in [3.8, 4) is 11.3 Å². The largest absolute Gasteiger partial charge is 0.464 e. The molecular weight excluding hydrogens is 322 g/mol. The van der Waals surface area contributed by atoms with Gasteiger partial charge in [-0.1, -0.05) is 6.92 Å². The fraction of sp³-hybridized carbons (Fsp3) is 0.474. The molecule has 0 saturated carbocycles. The van der Waals surface area contributed by atoms with Crippen LogP contribution in [0.25, 0.3) is 11.3 Å². The van der Waals surface area contributed by atoms with E-state index >= 15 is 0 Å². The summed E-state index contributed by atoms with van der Waals surface area (Å²) in [5.74, 6) is 1.35. The second-order valence-corrected chi connectivity index (χ2v) is 9.39. The maximum atomic E-state index is 12.7. The molecule has 5 heteroatoms. The van der Waals surface area contributed by atoms with Crippen molar-refractivity contribution in [3.63, 3.8) is 0 Å². The van der Waals surface area contributed by atoms with E-state index in [1.807, 2.05) is 18.2 Å². The van der Waals surface area contributed by atoms with Gasteiger partial charge in [0.2, 0.25) is 0 Å². The van der Waals surface area contributed by atoms with Crippen molar-refractivity contribution in [3.05, 3.63) is 36.6 Å². The van der Waals surface area contributed by atoms with Crippen molar-refractivity contribution in [1.29, 1.82) is 0 Å². The van der Waals surface area contributed by atoms with Crippen LogP contribution in [0.1, 0.15) is 33.6 Å². The Balaban J connectivity index is 2.06. The zero-order valence-corrected chi connectivity index (χ0v) is 15.3. The van der Waals surface area contributed by atoms with Crippen LogP contribution in [-0.4, -0.2) is 26.8 Å². The lowest BCUT2D eigenvalue weighted by Crippen LogP contribution is -2.32. The average Bonchev–Trinajstić information content (AvgIpc) is 3.09. The van der Waals surface area contributed by atoms with Crippen LogP contribution in [0.4, 0.5) is 5.69 Å². The lowest BCUT2D eigenvalue weighted by Gasteiger charge is -2.32. The molecule has 0 aliphatic carbocycles. The van der Waals surface area contributed by atoms with Crippen LogP contribution in [0.2, 0.25) is 0 Å². The van der Waals surface area contributed by atoms with E-state index in [1.54, 1.807) is 32.2 Å². The molecule has 0 atom stereocenters. The van der Waals surface area contributed by atoms with Gasteiger partial charge in [-0.25, -0.2) is 8.42 Å². The van der Waals surface area contributed by atoms with Crippen LogP contribution in [0.3, 0.4) is 0 Å². The molecule has 1 saturated heterocycles. The van der Waals surface area contributed by atoms with Crippen molar-refractivity contribution in [1.82, 2.24) is 0 Å². The zero-order chi connectivity index (χ0) is 17.3. The highest BCUT2D eigenvalue weighted by Gasteiger charge is 2.26.